The highest BCUT2D eigenvalue weighted by atomic mass is 35.5. The molecule has 0 spiro atoms. The molecule has 0 N–H and O–H groups in total. The number of halogens is 3. The van der Waals surface area contributed by atoms with Crippen LogP contribution in [0.25, 0.3) is 0 Å². The molecule has 0 aromatic heterocycles. The molecular formula is C9H9ClF2O2. The van der Waals surface area contributed by atoms with Gasteiger partial charge in [-0.05, 0) is 19.1 Å². The van der Waals surface area contributed by atoms with E-state index in [9.17, 15) is 13.6 Å². The van der Waals surface area contributed by atoms with Crippen LogP contribution < -0.4 is 0 Å². The van der Waals surface area contributed by atoms with Crippen molar-refractivity contribution in [1.29, 1.82) is 0 Å². The number of carbonyl (C=O) groups excluding carboxylic acids is 1. The standard InChI is InChI=1S/C6H3ClF2.C3H6O2/c7-5-2-1-4(8)3-6(5)9;1-2-5-3-4/h1-3H;3H,2H2,1H3. The van der Waals surface area contributed by atoms with E-state index in [0.29, 0.717) is 13.1 Å². The van der Waals surface area contributed by atoms with Crippen molar-refractivity contribution >= 4 is 18.1 Å². The third-order valence-corrected chi connectivity index (χ3v) is 1.42. The largest absolute Gasteiger partial charge is 0.468 e. The Bertz CT molecular complexity index is 292. The summed E-state index contributed by atoms with van der Waals surface area (Å²) >= 11 is 5.24. The zero-order valence-electron chi connectivity index (χ0n) is 7.47. The summed E-state index contributed by atoms with van der Waals surface area (Å²) in [5.41, 5.74) is 0. The van der Waals surface area contributed by atoms with Crippen LogP contribution in [0.1, 0.15) is 6.92 Å². The molecule has 0 fully saturated rings. The highest BCUT2D eigenvalue weighted by Gasteiger charge is 1.97. The van der Waals surface area contributed by atoms with Gasteiger partial charge in [0.05, 0.1) is 11.6 Å². The highest BCUT2D eigenvalue weighted by molar-refractivity contribution is 6.30. The van der Waals surface area contributed by atoms with Gasteiger partial charge in [0.2, 0.25) is 0 Å². The zero-order chi connectivity index (χ0) is 11.0. The summed E-state index contributed by atoms with van der Waals surface area (Å²) in [7, 11) is 0. The summed E-state index contributed by atoms with van der Waals surface area (Å²) in [4.78, 5) is 9.18. The van der Waals surface area contributed by atoms with Crippen LogP contribution in [-0.4, -0.2) is 13.1 Å². The summed E-state index contributed by atoms with van der Waals surface area (Å²) in [6.07, 6.45) is 0. The number of hydrogen-bond donors (Lipinski definition) is 0. The van der Waals surface area contributed by atoms with E-state index >= 15 is 0 Å². The first-order valence-corrected chi connectivity index (χ1v) is 4.15. The molecule has 0 amide bonds. The van der Waals surface area contributed by atoms with Gasteiger partial charge in [-0.1, -0.05) is 11.6 Å². The number of ether oxygens (including phenoxy) is 1. The molecule has 0 aliphatic heterocycles. The molecule has 1 aromatic carbocycles. The molecule has 2 nitrogen and oxygen atoms in total. The Morgan fingerprint density at radius 2 is 2.14 bits per heavy atom. The van der Waals surface area contributed by atoms with Crippen molar-refractivity contribution in [2.75, 3.05) is 6.61 Å². The average molecular weight is 223 g/mol. The molecule has 1 aromatic rings. The number of hydrogen-bond acceptors (Lipinski definition) is 2. The molecule has 0 saturated heterocycles. The van der Waals surface area contributed by atoms with Crippen molar-refractivity contribution in [3.63, 3.8) is 0 Å². The van der Waals surface area contributed by atoms with Gasteiger partial charge in [0.15, 0.2) is 0 Å². The summed E-state index contributed by atoms with van der Waals surface area (Å²) in [5, 5.41) is -0.0589. The number of carbonyl (C=O) groups is 1. The van der Waals surface area contributed by atoms with E-state index in [4.69, 9.17) is 11.6 Å². The molecule has 5 heteroatoms. The third kappa shape index (κ3) is 5.48. The van der Waals surface area contributed by atoms with Crippen LogP contribution in [0.5, 0.6) is 0 Å². The molecule has 78 valence electrons. The lowest BCUT2D eigenvalue weighted by Crippen LogP contribution is -1.80. The predicted molar refractivity (Wildman–Crippen MR) is 49.1 cm³/mol. The van der Waals surface area contributed by atoms with E-state index in [1.54, 1.807) is 6.92 Å². The van der Waals surface area contributed by atoms with Gasteiger partial charge < -0.3 is 4.74 Å². The van der Waals surface area contributed by atoms with Crippen LogP contribution in [-0.2, 0) is 9.53 Å². The molecular weight excluding hydrogens is 214 g/mol. The summed E-state index contributed by atoms with van der Waals surface area (Å²) in [6.45, 7) is 2.66. The monoisotopic (exact) mass is 222 g/mol. The lowest BCUT2D eigenvalue weighted by Gasteiger charge is -1.90. The average Bonchev–Trinajstić information content (AvgIpc) is 2.14. The fourth-order valence-corrected chi connectivity index (χ4v) is 0.656. The third-order valence-electron chi connectivity index (χ3n) is 1.12. The summed E-state index contributed by atoms with van der Waals surface area (Å²) in [5.74, 6) is -1.34. The van der Waals surface area contributed by atoms with Crippen molar-refractivity contribution < 1.29 is 18.3 Å². The van der Waals surface area contributed by atoms with Crippen LogP contribution in [0.4, 0.5) is 8.78 Å². The van der Waals surface area contributed by atoms with Crippen molar-refractivity contribution in [3.05, 3.63) is 34.9 Å². The second-order valence-electron chi connectivity index (χ2n) is 2.11. The molecule has 0 aliphatic rings. The van der Waals surface area contributed by atoms with Crippen LogP contribution >= 0.6 is 11.6 Å². The van der Waals surface area contributed by atoms with Crippen molar-refractivity contribution in [2.45, 2.75) is 6.92 Å². The van der Waals surface area contributed by atoms with Crippen molar-refractivity contribution in [1.82, 2.24) is 0 Å². The molecule has 0 atom stereocenters. The topological polar surface area (TPSA) is 26.3 Å². The maximum absolute atomic E-state index is 12.2. The van der Waals surface area contributed by atoms with Gasteiger partial charge in [-0.3, -0.25) is 4.79 Å². The SMILES string of the molecule is CCOC=O.Fc1ccc(Cl)c(F)c1. The van der Waals surface area contributed by atoms with Gasteiger partial charge in [-0.2, -0.15) is 0 Å². The Balaban J connectivity index is 0.000000292. The van der Waals surface area contributed by atoms with Crippen LogP contribution in [0, 0.1) is 11.6 Å². The van der Waals surface area contributed by atoms with E-state index in [1.165, 1.54) is 6.07 Å². The minimum absolute atomic E-state index is 0.0589. The minimum Gasteiger partial charge on any atom is -0.468 e. The molecule has 0 unspecified atom stereocenters. The van der Waals surface area contributed by atoms with Gasteiger partial charge >= 0.3 is 0 Å². The van der Waals surface area contributed by atoms with E-state index in [0.717, 1.165) is 12.1 Å². The molecule has 0 heterocycles. The Morgan fingerprint density at radius 1 is 1.50 bits per heavy atom. The quantitative estimate of drug-likeness (QED) is 0.568. The molecule has 0 aliphatic carbocycles. The van der Waals surface area contributed by atoms with Crippen LogP contribution in [0.2, 0.25) is 5.02 Å². The second kappa shape index (κ2) is 7.26. The molecule has 0 saturated carbocycles. The lowest BCUT2D eigenvalue weighted by atomic mass is 10.3. The van der Waals surface area contributed by atoms with Gasteiger partial charge in [0.1, 0.15) is 11.6 Å². The van der Waals surface area contributed by atoms with Gasteiger partial charge in [0.25, 0.3) is 6.47 Å². The highest BCUT2D eigenvalue weighted by Crippen LogP contribution is 2.13. The second-order valence-corrected chi connectivity index (χ2v) is 2.52. The van der Waals surface area contributed by atoms with Gasteiger partial charge in [-0.15, -0.1) is 0 Å². The van der Waals surface area contributed by atoms with Crippen LogP contribution in [0.3, 0.4) is 0 Å². The summed E-state index contributed by atoms with van der Waals surface area (Å²) in [6, 6.07) is 3.01. The van der Waals surface area contributed by atoms with Crippen LogP contribution in [0.15, 0.2) is 18.2 Å². The Kier molecular flexibility index (Phi) is 6.66. The van der Waals surface area contributed by atoms with E-state index < -0.39 is 11.6 Å². The maximum Gasteiger partial charge on any atom is 0.293 e. The van der Waals surface area contributed by atoms with E-state index in [2.05, 4.69) is 4.74 Å². The first-order chi connectivity index (χ1) is 6.61. The predicted octanol–water partition coefficient (Wildman–Crippen LogP) is 2.80. The molecule has 0 bridgehead atoms. The first-order valence-electron chi connectivity index (χ1n) is 3.77. The first kappa shape index (κ1) is 12.8. The maximum atomic E-state index is 12.2. The smallest absolute Gasteiger partial charge is 0.293 e. The Labute approximate surface area is 85.4 Å². The molecule has 14 heavy (non-hydrogen) atoms. The normalized spacial score (nSPS) is 8.57. The fraction of sp³-hybridized carbons (Fsp3) is 0.222. The lowest BCUT2D eigenvalue weighted by molar-refractivity contribution is -0.128. The van der Waals surface area contributed by atoms with Crippen molar-refractivity contribution in [3.8, 4) is 0 Å². The van der Waals surface area contributed by atoms with Gasteiger partial charge in [0, 0.05) is 6.07 Å². The van der Waals surface area contributed by atoms with Gasteiger partial charge in [-0.25, -0.2) is 8.78 Å². The van der Waals surface area contributed by atoms with Crippen molar-refractivity contribution in [2.24, 2.45) is 0 Å². The fourth-order valence-electron chi connectivity index (χ4n) is 0.539. The number of rotatable bonds is 2. The summed E-state index contributed by atoms with van der Waals surface area (Å²) < 4.78 is 28.4. The molecule has 0 radical (unpaired) electrons. The zero-order valence-corrected chi connectivity index (χ0v) is 8.22. The Hall–Kier alpha value is -1.16. The Morgan fingerprint density at radius 3 is 2.43 bits per heavy atom. The van der Waals surface area contributed by atoms with E-state index in [-0.39, 0.29) is 5.02 Å². The minimum atomic E-state index is -0.725. The molecule has 1 rings (SSSR count). The number of benzene rings is 1. The van der Waals surface area contributed by atoms with E-state index in [1.807, 2.05) is 0 Å².